The normalized spacial score (nSPS) is 13.8. The lowest BCUT2D eigenvalue weighted by atomic mass is 10.0. The van der Waals surface area contributed by atoms with Crippen molar-refractivity contribution in [3.8, 4) is 0 Å². The standard InChI is InChI=1S/C20H15Cl2N3/c1-13-2-4-16(10-23-13)15-5-6-17-11-24-25(20(17)9-15)12-14-3-7-18(21)19(22)8-14/h2-11,23H,1,12H2. The Morgan fingerprint density at radius 3 is 2.68 bits per heavy atom. The van der Waals surface area contributed by atoms with Gasteiger partial charge in [0, 0.05) is 17.3 Å². The monoisotopic (exact) mass is 367 g/mol. The maximum absolute atomic E-state index is 6.12. The van der Waals surface area contributed by atoms with Crippen molar-refractivity contribution >= 4 is 39.7 Å². The maximum Gasteiger partial charge on any atom is 0.0692 e. The lowest BCUT2D eigenvalue weighted by molar-refractivity contribution is 0.712. The van der Waals surface area contributed by atoms with Crippen LogP contribution in [-0.2, 0) is 6.54 Å². The van der Waals surface area contributed by atoms with E-state index in [2.05, 4.69) is 41.3 Å². The quantitative estimate of drug-likeness (QED) is 0.670. The lowest BCUT2D eigenvalue weighted by Gasteiger charge is -2.11. The fourth-order valence-electron chi connectivity index (χ4n) is 2.82. The van der Waals surface area contributed by atoms with E-state index in [1.54, 1.807) is 0 Å². The summed E-state index contributed by atoms with van der Waals surface area (Å²) in [5.41, 5.74) is 5.24. The minimum Gasteiger partial charge on any atom is -0.362 e. The van der Waals surface area contributed by atoms with E-state index in [1.807, 2.05) is 41.4 Å². The number of benzene rings is 2. The van der Waals surface area contributed by atoms with Crippen LogP contribution < -0.4 is 5.32 Å². The first-order valence-electron chi connectivity index (χ1n) is 7.84. The molecule has 0 unspecified atom stereocenters. The van der Waals surface area contributed by atoms with Crippen molar-refractivity contribution in [3.63, 3.8) is 0 Å². The molecule has 0 amide bonds. The van der Waals surface area contributed by atoms with E-state index < -0.39 is 0 Å². The second-order valence-electron chi connectivity index (χ2n) is 5.93. The predicted octanol–water partition coefficient (Wildman–Crippen LogP) is 5.41. The first-order chi connectivity index (χ1) is 12.1. The number of halogens is 2. The molecule has 1 N–H and O–H groups in total. The molecular formula is C20H15Cl2N3. The zero-order valence-electron chi connectivity index (χ0n) is 13.3. The van der Waals surface area contributed by atoms with Gasteiger partial charge in [0.25, 0.3) is 0 Å². The fraction of sp³-hybridized carbons (Fsp3) is 0.0500. The Hall–Kier alpha value is -2.49. The van der Waals surface area contributed by atoms with Crippen LogP contribution in [0.5, 0.6) is 0 Å². The van der Waals surface area contributed by atoms with Crippen LogP contribution in [0.3, 0.4) is 0 Å². The Morgan fingerprint density at radius 1 is 1.04 bits per heavy atom. The number of dihydropyridines is 1. The summed E-state index contributed by atoms with van der Waals surface area (Å²) in [5.74, 6) is 0. The van der Waals surface area contributed by atoms with Gasteiger partial charge in [0.15, 0.2) is 0 Å². The fourth-order valence-corrected chi connectivity index (χ4v) is 3.14. The van der Waals surface area contributed by atoms with Crippen LogP contribution >= 0.6 is 23.2 Å². The van der Waals surface area contributed by atoms with Crippen molar-refractivity contribution in [2.24, 2.45) is 0 Å². The molecular weight excluding hydrogens is 353 g/mol. The molecule has 4 rings (SSSR count). The zero-order valence-corrected chi connectivity index (χ0v) is 14.8. The van der Waals surface area contributed by atoms with Crippen LogP contribution in [0.2, 0.25) is 10.0 Å². The molecule has 0 fully saturated rings. The molecule has 0 saturated heterocycles. The minimum absolute atomic E-state index is 0.556. The second kappa shape index (κ2) is 6.43. The maximum atomic E-state index is 6.12. The van der Waals surface area contributed by atoms with Gasteiger partial charge in [-0.1, -0.05) is 54.1 Å². The Kier molecular flexibility index (Phi) is 4.12. The van der Waals surface area contributed by atoms with E-state index >= 15 is 0 Å². The number of allylic oxidation sites excluding steroid dienone is 3. The van der Waals surface area contributed by atoms with Crippen LogP contribution in [0.15, 0.2) is 73.2 Å². The number of aromatic nitrogens is 2. The molecule has 0 saturated carbocycles. The Morgan fingerprint density at radius 2 is 1.92 bits per heavy atom. The van der Waals surface area contributed by atoms with E-state index in [-0.39, 0.29) is 0 Å². The number of hydrogen-bond donors (Lipinski definition) is 1. The molecule has 124 valence electrons. The molecule has 0 atom stereocenters. The first kappa shape index (κ1) is 16.0. The van der Waals surface area contributed by atoms with Crippen molar-refractivity contribution in [1.82, 2.24) is 15.1 Å². The molecule has 3 aromatic rings. The predicted molar refractivity (Wildman–Crippen MR) is 105 cm³/mol. The van der Waals surface area contributed by atoms with E-state index in [9.17, 15) is 0 Å². The number of nitrogens with one attached hydrogen (secondary N) is 1. The Labute approximate surface area is 155 Å². The molecule has 1 aromatic heterocycles. The number of fused-ring (bicyclic) bond motifs is 1. The minimum atomic E-state index is 0.556. The first-order valence-corrected chi connectivity index (χ1v) is 8.59. The summed E-state index contributed by atoms with van der Waals surface area (Å²) in [4.78, 5) is 0. The number of rotatable bonds is 3. The van der Waals surface area contributed by atoms with Crippen molar-refractivity contribution in [2.75, 3.05) is 0 Å². The molecule has 3 nitrogen and oxygen atoms in total. The van der Waals surface area contributed by atoms with Crippen molar-refractivity contribution in [1.29, 1.82) is 0 Å². The van der Waals surface area contributed by atoms with Crippen molar-refractivity contribution in [3.05, 3.63) is 94.4 Å². The summed E-state index contributed by atoms with van der Waals surface area (Å²) in [6, 6.07) is 12.0. The number of nitrogens with zero attached hydrogens (tertiary/aromatic N) is 2. The van der Waals surface area contributed by atoms with Gasteiger partial charge < -0.3 is 5.32 Å². The molecule has 1 aliphatic rings. The Bertz CT molecular complexity index is 1040. The molecule has 0 aliphatic carbocycles. The third-order valence-corrected chi connectivity index (χ3v) is 4.91. The summed E-state index contributed by atoms with van der Waals surface area (Å²) in [7, 11) is 0. The molecule has 0 spiro atoms. The third-order valence-electron chi connectivity index (χ3n) is 4.17. The highest BCUT2D eigenvalue weighted by Gasteiger charge is 2.09. The molecule has 0 radical (unpaired) electrons. The summed E-state index contributed by atoms with van der Waals surface area (Å²) in [6.07, 6.45) is 7.86. The van der Waals surface area contributed by atoms with E-state index in [1.165, 1.54) is 0 Å². The average molecular weight is 368 g/mol. The van der Waals surface area contributed by atoms with Gasteiger partial charge in [-0.15, -0.1) is 0 Å². The van der Waals surface area contributed by atoms with E-state index in [4.69, 9.17) is 23.2 Å². The van der Waals surface area contributed by atoms with Gasteiger partial charge >= 0.3 is 0 Å². The average Bonchev–Trinajstić information content (AvgIpc) is 3.01. The highest BCUT2D eigenvalue weighted by Crippen LogP contribution is 2.26. The molecule has 0 bridgehead atoms. The number of hydrogen-bond acceptors (Lipinski definition) is 2. The smallest absolute Gasteiger partial charge is 0.0692 e. The molecule has 1 aliphatic heterocycles. The van der Waals surface area contributed by atoms with E-state index in [0.717, 1.165) is 33.3 Å². The van der Waals surface area contributed by atoms with Gasteiger partial charge in [0.1, 0.15) is 0 Å². The second-order valence-corrected chi connectivity index (χ2v) is 6.74. The zero-order chi connectivity index (χ0) is 17.4. The largest absolute Gasteiger partial charge is 0.362 e. The Balaban J connectivity index is 1.70. The van der Waals surface area contributed by atoms with Crippen molar-refractivity contribution in [2.45, 2.75) is 6.54 Å². The van der Waals surface area contributed by atoms with Crippen LogP contribution in [0.4, 0.5) is 0 Å². The van der Waals surface area contributed by atoms with Crippen molar-refractivity contribution < 1.29 is 0 Å². The third kappa shape index (κ3) is 3.21. The summed E-state index contributed by atoms with van der Waals surface area (Å²) in [5, 5.41) is 9.87. The highest BCUT2D eigenvalue weighted by atomic mass is 35.5. The van der Waals surface area contributed by atoms with Gasteiger partial charge in [-0.3, -0.25) is 4.68 Å². The van der Waals surface area contributed by atoms with Gasteiger partial charge in [0.05, 0.1) is 28.3 Å². The summed E-state index contributed by atoms with van der Waals surface area (Å²) in [6.45, 7) is 4.51. The van der Waals surface area contributed by atoms with Crippen LogP contribution in [0, 0.1) is 0 Å². The van der Waals surface area contributed by atoms with Crippen LogP contribution in [0.1, 0.15) is 11.1 Å². The highest BCUT2D eigenvalue weighted by molar-refractivity contribution is 6.42. The molecule has 2 heterocycles. The van der Waals surface area contributed by atoms with Gasteiger partial charge in [0.2, 0.25) is 0 Å². The molecule has 5 heteroatoms. The van der Waals surface area contributed by atoms with Gasteiger partial charge in [-0.25, -0.2) is 0 Å². The molecule has 25 heavy (non-hydrogen) atoms. The summed E-state index contributed by atoms with van der Waals surface area (Å²) < 4.78 is 1.97. The van der Waals surface area contributed by atoms with Crippen LogP contribution in [-0.4, -0.2) is 9.78 Å². The lowest BCUT2D eigenvalue weighted by Crippen LogP contribution is -2.06. The summed E-state index contributed by atoms with van der Waals surface area (Å²) >= 11 is 12.1. The van der Waals surface area contributed by atoms with Crippen LogP contribution in [0.25, 0.3) is 16.5 Å². The SMILES string of the molecule is C=C1C=CC(c2ccc3cnn(Cc4ccc(Cl)c(Cl)c4)c3c2)=CN1. The molecule has 2 aromatic carbocycles. The van der Waals surface area contributed by atoms with Gasteiger partial charge in [-0.05, 0) is 41.0 Å². The topological polar surface area (TPSA) is 29.9 Å². The van der Waals surface area contributed by atoms with Gasteiger partial charge in [-0.2, -0.15) is 5.10 Å². The van der Waals surface area contributed by atoms with E-state index in [0.29, 0.717) is 16.6 Å².